The normalized spacial score (nSPS) is 12.0. The first-order chi connectivity index (χ1) is 8.60. The van der Waals surface area contributed by atoms with Crippen LogP contribution in [-0.4, -0.2) is 14.8 Å². The van der Waals surface area contributed by atoms with E-state index in [2.05, 4.69) is 4.74 Å². The molecule has 0 heterocycles. The first-order valence-corrected chi connectivity index (χ1v) is 7.27. The van der Waals surface area contributed by atoms with Crippen LogP contribution in [0.5, 0.6) is 5.75 Å². The van der Waals surface area contributed by atoms with Gasteiger partial charge in [-0.25, -0.2) is 8.42 Å². The van der Waals surface area contributed by atoms with Gasteiger partial charge in [0.25, 0.3) is 9.05 Å². The zero-order valence-electron chi connectivity index (χ0n) is 8.83. The summed E-state index contributed by atoms with van der Waals surface area (Å²) in [7, 11) is 0.647. The Balaban J connectivity index is 3.60. The number of halogens is 5. The number of ether oxygens (including phenoxy) is 1. The number of nitrogens with zero attached hydrogens (tertiary/aromatic N) is 1. The summed E-state index contributed by atoms with van der Waals surface area (Å²) in [5, 5.41) is 8.75. The summed E-state index contributed by atoms with van der Waals surface area (Å²) in [6.45, 7) is 0. The Morgan fingerprint density at radius 1 is 1.37 bits per heavy atom. The molecule has 0 spiro atoms. The van der Waals surface area contributed by atoms with Crippen LogP contribution >= 0.6 is 22.3 Å². The summed E-state index contributed by atoms with van der Waals surface area (Å²) < 4.78 is 62.8. The lowest BCUT2D eigenvalue weighted by Crippen LogP contribution is -2.19. The van der Waals surface area contributed by atoms with Gasteiger partial charge in [-0.05, 0) is 12.1 Å². The minimum atomic E-state index is -5.03. The van der Waals surface area contributed by atoms with E-state index in [1.54, 1.807) is 0 Å². The fraction of sp³-hybridized carbons (Fsp3) is 0.222. The second-order valence-corrected chi connectivity index (χ2v) is 5.92. The molecule has 1 rings (SSSR count). The molecule has 1 aromatic rings. The quantitative estimate of drug-likeness (QED) is 0.629. The van der Waals surface area contributed by atoms with Crippen molar-refractivity contribution in [1.29, 1.82) is 5.26 Å². The summed E-state index contributed by atoms with van der Waals surface area (Å²) in [6, 6.07) is 3.16. The summed E-state index contributed by atoms with van der Waals surface area (Å²) >= 11 is 5.42. The predicted octanol–water partition coefficient (Wildman–Crippen LogP) is 3.12. The van der Waals surface area contributed by atoms with Crippen molar-refractivity contribution < 1.29 is 26.3 Å². The number of hydrogen-bond donors (Lipinski definition) is 0. The van der Waals surface area contributed by atoms with Crippen molar-refractivity contribution in [2.45, 2.75) is 17.1 Å². The molecule has 0 aliphatic carbocycles. The molecule has 0 radical (unpaired) electrons. The van der Waals surface area contributed by atoms with Gasteiger partial charge in [0.2, 0.25) is 0 Å². The molecule has 1 aromatic carbocycles. The maximum absolute atomic E-state index is 12.2. The zero-order chi connectivity index (χ0) is 14.8. The highest BCUT2D eigenvalue weighted by molar-refractivity contribution is 8.13. The van der Waals surface area contributed by atoms with Gasteiger partial charge in [0, 0.05) is 16.2 Å². The lowest BCUT2D eigenvalue weighted by Gasteiger charge is -2.14. The van der Waals surface area contributed by atoms with E-state index >= 15 is 0 Å². The third-order valence-electron chi connectivity index (χ3n) is 1.94. The average molecular weight is 334 g/mol. The Morgan fingerprint density at radius 2 is 1.95 bits per heavy atom. The van der Waals surface area contributed by atoms with Crippen LogP contribution in [0.1, 0.15) is 11.1 Å². The van der Waals surface area contributed by atoms with Crippen molar-refractivity contribution in [2.75, 3.05) is 0 Å². The van der Waals surface area contributed by atoms with Gasteiger partial charge in [0.15, 0.2) is 0 Å². The highest BCUT2D eigenvalue weighted by atomic mass is 35.7. The Morgan fingerprint density at radius 3 is 2.32 bits per heavy atom. The molecule has 0 aliphatic rings. The van der Waals surface area contributed by atoms with Gasteiger partial charge in [-0.15, -0.1) is 24.8 Å². The monoisotopic (exact) mass is 333 g/mol. The Hall–Kier alpha value is -1.17. The van der Waals surface area contributed by atoms with Crippen molar-refractivity contribution >= 4 is 31.3 Å². The second-order valence-electron chi connectivity index (χ2n) is 3.15. The maximum Gasteiger partial charge on any atom is 0.573 e. The van der Waals surface area contributed by atoms with Crippen molar-refractivity contribution in [3.63, 3.8) is 0 Å². The Labute approximate surface area is 115 Å². The van der Waals surface area contributed by atoms with Crippen molar-refractivity contribution in [3.8, 4) is 11.8 Å². The summed E-state index contributed by atoms with van der Waals surface area (Å²) in [5.74, 6) is -1.44. The molecule has 0 aliphatic heterocycles. The average Bonchev–Trinajstić information content (AvgIpc) is 2.25. The third-order valence-corrected chi connectivity index (χ3v) is 3.63. The second kappa shape index (κ2) is 5.45. The maximum atomic E-state index is 12.2. The molecule has 19 heavy (non-hydrogen) atoms. The summed E-state index contributed by atoms with van der Waals surface area (Å²) in [4.78, 5) is -0.784. The standard InChI is InChI=1S/C9H4Cl2F3NO3S/c10-3-6-7(18-9(12,13)14)2-1-5(4-15)8(6)19(11,16)17/h1-2H,3H2. The van der Waals surface area contributed by atoms with E-state index in [0.29, 0.717) is 0 Å². The molecule has 104 valence electrons. The predicted molar refractivity (Wildman–Crippen MR) is 60.4 cm³/mol. The van der Waals surface area contributed by atoms with E-state index in [-0.39, 0.29) is 0 Å². The molecular formula is C9H4Cl2F3NO3S. The van der Waals surface area contributed by atoms with Crippen LogP contribution in [0.3, 0.4) is 0 Å². The lowest BCUT2D eigenvalue weighted by molar-refractivity contribution is -0.274. The number of rotatable bonds is 3. The van der Waals surface area contributed by atoms with E-state index in [0.717, 1.165) is 12.1 Å². The molecule has 10 heteroatoms. The molecule has 0 unspecified atom stereocenters. The van der Waals surface area contributed by atoms with Gasteiger partial charge >= 0.3 is 6.36 Å². The fourth-order valence-corrected chi connectivity index (χ4v) is 3.04. The summed E-state index contributed by atoms with van der Waals surface area (Å²) in [5.41, 5.74) is -0.937. The lowest BCUT2D eigenvalue weighted by atomic mass is 10.1. The molecule has 4 nitrogen and oxygen atoms in total. The number of benzene rings is 1. The van der Waals surface area contributed by atoms with Crippen molar-refractivity contribution in [2.24, 2.45) is 0 Å². The Kier molecular flexibility index (Phi) is 4.55. The third kappa shape index (κ3) is 3.89. The van der Waals surface area contributed by atoms with Gasteiger partial charge in [-0.1, -0.05) is 0 Å². The SMILES string of the molecule is N#Cc1ccc(OC(F)(F)F)c(CCl)c1S(=O)(=O)Cl. The van der Waals surface area contributed by atoms with Crippen LogP contribution in [0, 0.1) is 11.3 Å². The molecule has 0 amide bonds. The largest absolute Gasteiger partial charge is 0.573 e. The highest BCUT2D eigenvalue weighted by Crippen LogP contribution is 2.35. The van der Waals surface area contributed by atoms with Crippen LogP contribution in [0.2, 0.25) is 0 Å². The van der Waals surface area contributed by atoms with Gasteiger partial charge in [0.05, 0.1) is 11.4 Å². The molecule has 0 aromatic heterocycles. The van der Waals surface area contributed by atoms with Gasteiger partial charge in [-0.3, -0.25) is 0 Å². The summed E-state index contributed by atoms with van der Waals surface area (Å²) in [6.07, 6.45) is -5.03. The molecular weight excluding hydrogens is 330 g/mol. The smallest absolute Gasteiger partial charge is 0.405 e. The molecule has 0 N–H and O–H groups in total. The number of alkyl halides is 4. The molecule has 0 atom stereocenters. The fourth-order valence-electron chi connectivity index (χ4n) is 1.32. The highest BCUT2D eigenvalue weighted by Gasteiger charge is 2.34. The van der Waals surface area contributed by atoms with Crippen LogP contribution in [-0.2, 0) is 14.9 Å². The number of nitriles is 1. The van der Waals surface area contributed by atoms with Crippen LogP contribution in [0.25, 0.3) is 0 Å². The van der Waals surface area contributed by atoms with Gasteiger partial charge in [-0.2, -0.15) is 5.26 Å². The first kappa shape index (κ1) is 15.9. The molecule has 0 bridgehead atoms. The minimum absolute atomic E-state index is 0.417. The molecule has 0 saturated heterocycles. The van der Waals surface area contributed by atoms with E-state index in [1.165, 1.54) is 6.07 Å². The first-order valence-electron chi connectivity index (χ1n) is 4.42. The minimum Gasteiger partial charge on any atom is -0.405 e. The number of hydrogen-bond acceptors (Lipinski definition) is 4. The van der Waals surface area contributed by atoms with Crippen LogP contribution < -0.4 is 4.74 Å². The van der Waals surface area contributed by atoms with Crippen LogP contribution in [0.4, 0.5) is 13.2 Å². The molecule has 0 saturated carbocycles. The van der Waals surface area contributed by atoms with Crippen molar-refractivity contribution in [1.82, 2.24) is 0 Å². The van der Waals surface area contributed by atoms with E-state index in [4.69, 9.17) is 27.5 Å². The van der Waals surface area contributed by atoms with E-state index in [1.807, 2.05) is 0 Å². The Bertz CT molecular complexity index is 637. The van der Waals surface area contributed by atoms with E-state index in [9.17, 15) is 21.6 Å². The topological polar surface area (TPSA) is 67.2 Å². The van der Waals surface area contributed by atoms with E-state index < -0.39 is 43.1 Å². The van der Waals surface area contributed by atoms with Crippen LogP contribution in [0.15, 0.2) is 17.0 Å². The van der Waals surface area contributed by atoms with Gasteiger partial charge < -0.3 is 4.74 Å². The van der Waals surface area contributed by atoms with Crippen molar-refractivity contribution in [3.05, 3.63) is 23.3 Å². The van der Waals surface area contributed by atoms with Gasteiger partial charge in [0.1, 0.15) is 16.7 Å². The molecule has 0 fully saturated rings. The zero-order valence-corrected chi connectivity index (χ0v) is 11.2.